The van der Waals surface area contributed by atoms with Gasteiger partial charge in [-0.2, -0.15) is 0 Å². The van der Waals surface area contributed by atoms with Crippen LogP contribution in [0.1, 0.15) is 0 Å². The van der Waals surface area contributed by atoms with Gasteiger partial charge in [0.1, 0.15) is 11.6 Å². The molecule has 0 aliphatic heterocycles. The minimum Gasteiger partial charge on any atom is -0.397 e. The molecule has 2 rings (SSSR count). The highest BCUT2D eigenvalue weighted by Crippen LogP contribution is 2.19. The largest absolute Gasteiger partial charge is 0.397 e. The molecular weight excluding hydrogens is 359 g/mol. The highest BCUT2D eigenvalue weighted by molar-refractivity contribution is 9.10. The molecule has 0 fully saturated rings. The van der Waals surface area contributed by atoms with Crippen molar-refractivity contribution in [3.05, 3.63) is 52.8 Å². The van der Waals surface area contributed by atoms with Crippen LogP contribution in [0.3, 0.4) is 0 Å². The summed E-state index contributed by atoms with van der Waals surface area (Å²) in [7, 11) is -1.47. The van der Waals surface area contributed by atoms with Crippen LogP contribution in [0, 0.1) is 5.82 Å². The minimum absolute atomic E-state index is 0.122. The molecule has 21 heavy (non-hydrogen) atoms. The number of amides is 1. The first kappa shape index (κ1) is 15.7. The Morgan fingerprint density at radius 2 is 2.05 bits per heavy atom. The monoisotopic (exact) mass is 370 g/mol. The number of nitrogen functional groups attached to an aromatic ring is 1. The molecule has 0 aromatic heterocycles. The molecule has 0 heterocycles. The van der Waals surface area contributed by atoms with E-state index in [0.717, 1.165) is 10.5 Å². The average molecular weight is 371 g/mol. The third-order valence-electron chi connectivity index (χ3n) is 2.61. The summed E-state index contributed by atoms with van der Waals surface area (Å²) in [4.78, 5) is 12.4. The second-order valence-corrected chi connectivity index (χ2v) is 6.59. The van der Waals surface area contributed by atoms with Gasteiger partial charge in [-0.05, 0) is 36.4 Å². The smallest absolute Gasteiger partial charge is 0.237 e. The Morgan fingerprint density at radius 1 is 1.29 bits per heavy atom. The van der Waals surface area contributed by atoms with Crippen molar-refractivity contribution in [1.82, 2.24) is 0 Å². The number of nitrogens with one attached hydrogen (secondary N) is 1. The molecule has 0 saturated heterocycles. The van der Waals surface area contributed by atoms with Crippen molar-refractivity contribution < 1.29 is 13.4 Å². The summed E-state index contributed by atoms with van der Waals surface area (Å²) in [5.41, 5.74) is 6.02. The van der Waals surface area contributed by atoms with Gasteiger partial charge in [-0.1, -0.05) is 22.0 Å². The first-order chi connectivity index (χ1) is 9.95. The number of nitrogens with two attached hydrogens (primary N) is 1. The lowest BCUT2D eigenvalue weighted by Crippen LogP contribution is -2.20. The van der Waals surface area contributed by atoms with Gasteiger partial charge in [-0.15, -0.1) is 0 Å². The highest BCUT2D eigenvalue weighted by atomic mass is 79.9. The third kappa shape index (κ3) is 4.37. The molecule has 2 aromatic carbocycles. The van der Waals surface area contributed by atoms with Gasteiger partial charge in [-0.3, -0.25) is 9.00 Å². The molecule has 0 aliphatic rings. The topological polar surface area (TPSA) is 72.2 Å². The van der Waals surface area contributed by atoms with Gasteiger partial charge in [0.25, 0.3) is 0 Å². The first-order valence-corrected chi connectivity index (χ1v) is 8.06. The van der Waals surface area contributed by atoms with Crippen LogP contribution in [0.25, 0.3) is 0 Å². The van der Waals surface area contributed by atoms with E-state index in [9.17, 15) is 13.4 Å². The average Bonchev–Trinajstić information content (AvgIpc) is 2.42. The lowest BCUT2D eigenvalue weighted by molar-refractivity contribution is -0.113. The lowest BCUT2D eigenvalue weighted by atomic mass is 10.2. The molecule has 3 N–H and O–H groups in total. The number of halogens is 2. The second kappa shape index (κ2) is 6.82. The van der Waals surface area contributed by atoms with E-state index in [1.54, 1.807) is 24.3 Å². The second-order valence-electron chi connectivity index (χ2n) is 4.23. The van der Waals surface area contributed by atoms with E-state index in [2.05, 4.69) is 21.2 Å². The number of carbonyl (C=O) groups is 1. The number of rotatable bonds is 4. The van der Waals surface area contributed by atoms with Gasteiger partial charge < -0.3 is 11.1 Å². The molecule has 1 amide bonds. The molecule has 4 nitrogen and oxygen atoms in total. The van der Waals surface area contributed by atoms with Crippen LogP contribution in [0.2, 0.25) is 0 Å². The fourth-order valence-corrected chi connectivity index (χ4v) is 3.16. The maximum Gasteiger partial charge on any atom is 0.237 e. The molecule has 1 unspecified atom stereocenters. The van der Waals surface area contributed by atoms with Crippen LogP contribution in [-0.4, -0.2) is 15.9 Å². The van der Waals surface area contributed by atoms with Gasteiger partial charge in [0.2, 0.25) is 5.91 Å². The molecule has 0 spiro atoms. The van der Waals surface area contributed by atoms with Gasteiger partial charge in [0.05, 0.1) is 22.2 Å². The van der Waals surface area contributed by atoms with Crippen molar-refractivity contribution >= 4 is 44.0 Å². The van der Waals surface area contributed by atoms with Crippen molar-refractivity contribution in [3.63, 3.8) is 0 Å². The minimum atomic E-state index is -1.47. The van der Waals surface area contributed by atoms with Gasteiger partial charge in [0.15, 0.2) is 0 Å². The summed E-state index contributed by atoms with van der Waals surface area (Å²) in [5.74, 6) is -1.14. The van der Waals surface area contributed by atoms with Crippen molar-refractivity contribution in [2.24, 2.45) is 0 Å². The zero-order valence-corrected chi connectivity index (χ0v) is 13.2. The number of hydrogen-bond donors (Lipinski definition) is 2. The zero-order valence-electron chi connectivity index (χ0n) is 10.8. The fraction of sp³-hybridized carbons (Fsp3) is 0.0714. The summed E-state index contributed by atoms with van der Waals surface area (Å²) in [5, 5.41) is 2.52. The Balaban J connectivity index is 2.03. The molecule has 7 heteroatoms. The molecule has 0 saturated carbocycles. The molecule has 0 bridgehead atoms. The van der Waals surface area contributed by atoms with E-state index < -0.39 is 22.5 Å². The number of anilines is 2. The van der Waals surface area contributed by atoms with E-state index in [0.29, 0.717) is 10.6 Å². The third-order valence-corrected chi connectivity index (χ3v) is 4.41. The molecule has 110 valence electrons. The summed E-state index contributed by atoms with van der Waals surface area (Å²) in [6, 6.07) is 10.6. The predicted octanol–water partition coefficient (Wildman–Crippen LogP) is 2.92. The molecule has 1 atom stereocenters. The van der Waals surface area contributed by atoms with Gasteiger partial charge in [-0.25, -0.2) is 4.39 Å². The molecule has 2 aromatic rings. The Kier molecular flexibility index (Phi) is 5.08. The SMILES string of the molecule is Nc1cc(F)ccc1NC(=O)CS(=O)c1cccc(Br)c1. The van der Waals surface area contributed by atoms with Crippen LogP contribution < -0.4 is 11.1 Å². The van der Waals surface area contributed by atoms with Crippen LogP contribution in [0.4, 0.5) is 15.8 Å². The summed E-state index contributed by atoms with van der Waals surface area (Å²) < 4.78 is 25.8. The van der Waals surface area contributed by atoms with Crippen molar-refractivity contribution in [1.29, 1.82) is 0 Å². The first-order valence-electron chi connectivity index (χ1n) is 5.94. The standard InChI is InChI=1S/C14H12BrFN2O2S/c15-9-2-1-3-11(6-9)21(20)8-14(19)18-13-5-4-10(16)7-12(13)17/h1-7H,8,17H2,(H,18,19). The Hall–Kier alpha value is -1.73. The maximum absolute atomic E-state index is 12.9. The maximum atomic E-state index is 12.9. The number of carbonyl (C=O) groups excluding carboxylic acids is 1. The summed E-state index contributed by atoms with van der Waals surface area (Å²) in [6.45, 7) is 0. The van der Waals surface area contributed by atoms with Crippen LogP contribution >= 0.6 is 15.9 Å². The Morgan fingerprint density at radius 3 is 2.71 bits per heavy atom. The zero-order chi connectivity index (χ0) is 15.4. The quantitative estimate of drug-likeness (QED) is 0.812. The van der Waals surface area contributed by atoms with Crippen molar-refractivity contribution in [2.75, 3.05) is 16.8 Å². The Bertz CT molecular complexity index is 709. The molecule has 0 radical (unpaired) electrons. The number of benzene rings is 2. The normalized spacial score (nSPS) is 11.9. The van der Waals surface area contributed by atoms with E-state index in [1.807, 2.05) is 0 Å². The van der Waals surface area contributed by atoms with E-state index in [1.165, 1.54) is 12.1 Å². The molecule has 0 aliphatic carbocycles. The molecular formula is C14H12BrFN2O2S. The van der Waals surface area contributed by atoms with Crippen molar-refractivity contribution in [2.45, 2.75) is 4.90 Å². The van der Waals surface area contributed by atoms with E-state index in [-0.39, 0.29) is 11.4 Å². The lowest BCUT2D eigenvalue weighted by Gasteiger charge is -2.08. The van der Waals surface area contributed by atoms with Gasteiger partial charge >= 0.3 is 0 Å². The van der Waals surface area contributed by atoms with E-state index in [4.69, 9.17) is 5.73 Å². The van der Waals surface area contributed by atoms with E-state index >= 15 is 0 Å². The summed E-state index contributed by atoms with van der Waals surface area (Å²) >= 11 is 3.28. The van der Waals surface area contributed by atoms with Crippen LogP contribution in [0.15, 0.2) is 51.8 Å². The summed E-state index contributed by atoms with van der Waals surface area (Å²) in [6.07, 6.45) is 0. The van der Waals surface area contributed by atoms with Crippen LogP contribution in [0.5, 0.6) is 0 Å². The fourth-order valence-electron chi connectivity index (χ4n) is 1.64. The highest BCUT2D eigenvalue weighted by Gasteiger charge is 2.12. The predicted molar refractivity (Wildman–Crippen MR) is 84.9 cm³/mol. The van der Waals surface area contributed by atoms with Crippen molar-refractivity contribution in [3.8, 4) is 0 Å². The number of hydrogen-bond acceptors (Lipinski definition) is 3. The van der Waals surface area contributed by atoms with Crippen LogP contribution in [-0.2, 0) is 15.6 Å². The Labute approximate surface area is 132 Å². The van der Waals surface area contributed by atoms with Gasteiger partial charge in [0, 0.05) is 9.37 Å².